The third-order valence-corrected chi connectivity index (χ3v) is 5.32. The van der Waals surface area contributed by atoms with E-state index in [4.69, 9.17) is 9.47 Å². The summed E-state index contributed by atoms with van der Waals surface area (Å²) in [5, 5.41) is 2.96. The van der Waals surface area contributed by atoms with Crippen molar-refractivity contribution < 1.29 is 14.3 Å². The van der Waals surface area contributed by atoms with Gasteiger partial charge in [0.05, 0.1) is 7.11 Å². The standard InChI is InChI=1S/C20H31N3O3/c1-16-14-21-20(24)7-10-23(16)15-17-5-6-18(19(13-17)25-2)26-12-11-22-8-3-4-9-22/h5-6,13,16H,3-4,7-12,14-15H2,1-2H3,(H,21,24)/t16-/m1/s1. The highest BCUT2D eigenvalue weighted by Crippen LogP contribution is 2.29. The van der Waals surface area contributed by atoms with Crippen molar-refractivity contribution in [2.45, 2.75) is 38.8 Å². The smallest absolute Gasteiger partial charge is 0.221 e. The number of ether oxygens (including phenoxy) is 2. The lowest BCUT2D eigenvalue weighted by Crippen LogP contribution is -2.37. The van der Waals surface area contributed by atoms with Gasteiger partial charge in [-0.3, -0.25) is 14.6 Å². The van der Waals surface area contributed by atoms with Crippen LogP contribution in [-0.4, -0.2) is 68.2 Å². The summed E-state index contributed by atoms with van der Waals surface area (Å²) in [6.07, 6.45) is 3.15. The fraction of sp³-hybridized carbons (Fsp3) is 0.650. The van der Waals surface area contributed by atoms with Gasteiger partial charge in [0, 0.05) is 38.6 Å². The molecule has 0 saturated carbocycles. The number of carbonyl (C=O) groups excluding carboxylic acids is 1. The van der Waals surface area contributed by atoms with E-state index in [0.717, 1.165) is 31.1 Å². The van der Waals surface area contributed by atoms with Crippen LogP contribution in [0.5, 0.6) is 11.5 Å². The van der Waals surface area contributed by atoms with Crippen molar-refractivity contribution in [3.05, 3.63) is 23.8 Å². The maximum Gasteiger partial charge on any atom is 0.221 e. The average molecular weight is 361 g/mol. The Labute approximate surface area is 156 Å². The van der Waals surface area contributed by atoms with E-state index < -0.39 is 0 Å². The summed E-state index contributed by atoms with van der Waals surface area (Å²) in [5.74, 6) is 1.72. The zero-order chi connectivity index (χ0) is 18.4. The van der Waals surface area contributed by atoms with Gasteiger partial charge >= 0.3 is 0 Å². The second-order valence-corrected chi connectivity index (χ2v) is 7.26. The number of hydrogen-bond acceptors (Lipinski definition) is 5. The summed E-state index contributed by atoms with van der Waals surface area (Å²) in [4.78, 5) is 16.4. The lowest BCUT2D eigenvalue weighted by atomic mass is 10.1. The van der Waals surface area contributed by atoms with Crippen LogP contribution in [-0.2, 0) is 11.3 Å². The first-order valence-electron chi connectivity index (χ1n) is 9.68. The Balaban J connectivity index is 1.57. The van der Waals surface area contributed by atoms with Gasteiger partial charge in [0.15, 0.2) is 11.5 Å². The lowest BCUT2D eigenvalue weighted by Gasteiger charge is -2.26. The maximum atomic E-state index is 11.6. The molecule has 6 heteroatoms. The maximum absolute atomic E-state index is 11.6. The molecule has 0 radical (unpaired) electrons. The minimum Gasteiger partial charge on any atom is -0.493 e. The predicted molar refractivity (Wildman–Crippen MR) is 102 cm³/mol. The van der Waals surface area contributed by atoms with Gasteiger partial charge in [-0.05, 0) is 50.6 Å². The molecule has 26 heavy (non-hydrogen) atoms. The van der Waals surface area contributed by atoms with Crippen molar-refractivity contribution in [2.75, 3.05) is 46.4 Å². The Morgan fingerprint density at radius 2 is 2.00 bits per heavy atom. The summed E-state index contributed by atoms with van der Waals surface area (Å²) in [5.41, 5.74) is 1.18. The normalized spacial score (nSPS) is 22.1. The third kappa shape index (κ3) is 5.11. The van der Waals surface area contributed by atoms with Gasteiger partial charge in [-0.2, -0.15) is 0 Å². The summed E-state index contributed by atoms with van der Waals surface area (Å²) < 4.78 is 11.5. The van der Waals surface area contributed by atoms with Crippen LogP contribution >= 0.6 is 0 Å². The molecule has 0 bridgehead atoms. The molecule has 144 valence electrons. The molecule has 2 aliphatic heterocycles. The van der Waals surface area contributed by atoms with Crippen molar-refractivity contribution in [1.29, 1.82) is 0 Å². The van der Waals surface area contributed by atoms with E-state index in [1.165, 1.54) is 31.5 Å². The minimum atomic E-state index is 0.138. The molecule has 3 rings (SSSR count). The van der Waals surface area contributed by atoms with Crippen LogP contribution in [0.3, 0.4) is 0 Å². The molecule has 0 aliphatic carbocycles. The fourth-order valence-corrected chi connectivity index (χ4v) is 3.63. The second kappa shape index (κ2) is 9.24. The van der Waals surface area contributed by atoms with Gasteiger partial charge in [0.25, 0.3) is 0 Å². The molecular weight excluding hydrogens is 330 g/mol. The first kappa shape index (κ1) is 19.0. The molecule has 0 aromatic heterocycles. The van der Waals surface area contributed by atoms with E-state index in [9.17, 15) is 4.79 Å². The second-order valence-electron chi connectivity index (χ2n) is 7.26. The molecule has 2 fully saturated rings. The number of likely N-dealkylation sites (tertiary alicyclic amines) is 1. The SMILES string of the molecule is COc1cc(CN2CCC(=O)NC[C@H]2C)ccc1OCCN1CCCC1. The lowest BCUT2D eigenvalue weighted by molar-refractivity contribution is -0.120. The van der Waals surface area contributed by atoms with Crippen LogP contribution in [0.4, 0.5) is 0 Å². The largest absolute Gasteiger partial charge is 0.493 e. The van der Waals surface area contributed by atoms with E-state index in [1.54, 1.807) is 7.11 Å². The van der Waals surface area contributed by atoms with E-state index in [1.807, 2.05) is 6.07 Å². The van der Waals surface area contributed by atoms with E-state index in [2.05, 4.69) is 34.2 Å². The van der Waals surface area contributed by atoms with Crippen molar-refractivity contribution >= 4 is 5.91 Å². The summed E-state index contributed by atoms with van der Waals surface area (Å²) >= 11 is 0. The molecule has 1 atom stereocenters. The highest BCUT2D eigenvalue weighted by molar-refractivity contribution is 5.76. The Morgan fingerprint density at radius 3 is 2.77 bits per heavy atom. The molecule has 2 heterocycles. The molecule has 0 unspecified atom stereocenters. The van der Waals surface area contributed by atoms with E-state index >= 15 is 0 Å². The number of nitrogens with one attached hydrogen (secondary N) is 1. The van der Waals surface area contributed by atoms with Gasteiger partial charge in [-0.15, -0.1) is 0 Å². The van der Waals surface area contributed by atoms with Crippen LogP contribution in [0.25, 0.3) is 0 Å². The van der Waals surface area contributed by atoms with Crippen LogP contribution in [0.1, 0.15) is 31.7 Å². The molecular formula is C20H31N3O3. The van der Waals surface area contributed by atoms with Gasteiger partial charge in [0.2, 0.25) is 5.91 Å². The molecule has 1 aromatic carbocycles. The monoisotopic (exact) mass is 361 g/mol. The van der Waals surface area contributed by atoms with Crippen molar-refractivity contribution in [2.24, 2.45) is 0 Å². The summed E-state index contributed by atoms with van der Waals surface area (Å²) in [6.45, 7) is 8.47. The molecule has 2 aliphatic rings. The molecule has 1 amide bonds. The van der Waals surface area contributed by atoms with Gasteiger partial charge < -0.3 is 14.8 Å². The Morgan fingerprint density at radius 1 is 1.19 bits per heavy atom. The summed E-state index contributed by atoms with van der Waals surface area (Å²) in [6, 6.07) is 6.48. The molecule has 2 saturated heterocycles. The van der Waals surface area contributed by atoms with Crippen LogP contribution in [0.15, 0.2) is 18.2 Å². The topological polar surface area (TPSA) is 54.0 Å². The number of carbonyl (C=O) groups is 1. The number of rotatable bonds is 7. The first-order chi connectivity index (χ1) is 12.7. The Kier molecular flexibility index (Phi) is 6.74. The number of amides is 1. The fourth-order valence-electron chi connectivity index (χ4n) is 3.63. The van der Waals surface area contributed by atoms with Crippen molar-refractivity contribution in [3.8, 4) is 11.5 Å². The Hall–Kier alpha value is -1.79. The predicted octanol–water partition coefficient (Wildman–Crippen LogP) is 1.88. The summed E-state index contributed by atoms with van der Waals surface area (Å²) in [7, 11) is 1.68. The van der Waals surface area contributed by atoms with Gasteiger partial charge in [-0.25, -0.2) is 0 Å². The number of nitrogens with zero attached hydrogens (tertiary/aromatic N) is 2. The minimum absolute atomic E-state index is 0.138. The molecule has 0 spiro atoms. The zero-order valence-corrected chi connectivity index (χ0v) is 16.0. The average Bonchev–Trinajstić information content (AvgIpc) is 3.11. The first-order valence-corrected chi connectivity index (χ1v) is 9.68. The van der Waals surface area contributed by atoms with Crippen molar-refractivity contribution in [3.63, 3.8) is 0 Å². The highest BCUT2D eigenvalue weighted by atomic mass is 16.5. The van der Waals surface area contributed by atoms with Crippen molar-refractivity contribution in [1.82, 2.24) is 15.1 Å². The van der Waals surface area contributed by atoms with E-state index in [-0.39, 0.29) is 5.91 Å². The van der Waals surface area contributed by atoms with Gasteiger partial charge in [-0.1, -0.05) is 6.07 Å². The van der Waals surface area contributed by atoms with E-state index in [0.29, 0.717) is 25.6 Å². The van der Waals surface area contributed by atoms with Crippen LogP contribution < -0.4 is 14.8 Å². The Bertz CT molecular complexity index is 602. The number of benzene rings is 1. The quantitative estimate of drug-likeness (QED) is 0.804. The van der Waals surface area contributed by atoms with Crippen LogP contribution in [0.2, 0.25) is 0 Å². The molecule has 6 nitrogen and oxygen atoms in total. The molecule has 1 aromatic rings. The number of methoxy groups -OCH3 is 1. The zero-order valence-electron chi connectivity index (χ0n) is 16.0. The van der Waals surface area contributed by atoms with Crippen LogP contribution in [0, 0.1) is 0 Å². The number of hydrogen-bond donors (Lipinski definition) is 1. The highest BCUT2D eigenvalue weighted by Gasteiger charge is 2.20. The van der Waals surface area contributed by atoms with Gasteiger partial charge in [0.1, 0.15) is 6.61 Å². The third-order valence-electron chi connectivity index (χ3n) is 5.32. The molecule has 1 N–H and O–H groups in total.